The van der Waals surface area contributed by atoms with Crippen LogP contribution in [0.25, 0.3) is 0 Å². The summed E-state index contributed by atoms with van der Waals surface area (Å²) in [7, 11) is 0. The molecule has 0 bridgehead atoms. The maximum Gasteiger partial charge on any atom is 0.162 e. The lowest BCUT2D eigenvalue weighted by atomic mass is 9.92. The molecule has 2 rings (SSSR count). The molecule has 19 heavy (non-hydrogen) atoms. The Morgan fingerprint density at radius 2 is 2.00 bits per heavy atom. The number of ether oxygens (including phenoxy) is 1. The van der Waals surface area contributed by atoms with E-state index in [1.54, 1.807) is 0 Å². The molecule has 0 amide bonds. The van der Waals surface area contributed by atoms with Gasteiger partial charge < -0.3 is 4.74 Å². The molecule has 1 aliphatic heterocycles. The number of carbonyl (C=O) groups excluding carboxylic acids is 1. The van der Waals surface area contributed by atoms with Crippen molar-refractivity contribution >= 4 is 5.78 Å². The van der Waals surface area contributed by atoms with Crippen molar-refractivity contribution in [1.82, 2.24) is 0 Å². The molecular formula is C17H22O2. The van der Waals surface area contributed by atoms with Crippen molar-refractivity contribution in [1.29, 1.82) is 0 Å². The van der Waals surface area contributed by atoms with Crippen LogP contribution in [0.5, 0.6) is 5.75 Å². The van der Waals surface area contributed by atoms with Crippen LogP contribution in [0.1, 0.15) is 50.3 Å². The molecule has 0 aliphatic carbocycles. The number of aryl methyl sites for hydroxylation is 2. The normalized spacial score (nSPS) is 14.1. The van der Waals surface area contributed by atoms with E-state index in [1.165, 1.54) is 11.1 Å². The summed E-state index contributed by atoms with van der Waals surface area (Å²) in [4.78, 5) is 12.1. The SMILES string of the molecule is CCCC(=O)C1=C(C)Oc2c(CC)cc(C)cc2C1. The van der Waals surface area contributed by atoms with E-state index in [4.69, 9.17) is 4.74 Å². The number of Topliss-reactive ketones (excluding diaryl/α,β-unsaturated/α-hetero) is 1. The van der Waals surface area contributed by atoms with Gasteiger partial charge in [0.25, 0.3) is 0 Å². The van der Waals surface area contributed by atoms with Crippen LogP contribution in [0.4, 0.5) is 0 Å². The van der Waals surface area contributed by atoms with E-state index in [2.05, 4.69) is 26.0 Å². The molecule has 0 spiro atoms. The van der Waals surface area contributed by atoms with Crippen molar-refractivity contribution in [3.05, 3.63) is 40.2 Å². The van der Waals surface area contributed by atoms with Gasteiger partial charge in [-0.3, -0.25) is 4.79 Å². The first kappa shape index (κ1) is 13.9. The number of fused-ring (bicyclic) bond motifs is 1. The lowest BCUT2D eigenvalue weighted by Crippen LogP contribution is -2.16. The van der Waals surface area contributed by atoms with Crippen molar-refractivity contribution in [2.75, 3.05) is 0 Å². The third-order valence-corrected chi connectivity index (χ3v) is 3.63. The summed E-state index contributed by atoms with van der Waals surface area (Å²) >= 11 is 0. The topological polar surface area (TPSA) is 26.3 Å². The molecule has 0 saturated carbocycles. The van der Waals surface area contributed by atoms with Gasteiger partial charge in [-0.2, -0.15) is 0 Å². The maximum atomic E-state index is 12.1. The molecule has 1 aromatic rings. The first-order valence-electron chi connectivity index (χ1n) is 7.10. The van der Waals surface area contributed by atoms with E-state index in [0.29, 0.717) is 12.8 Å². The molecular weight excluding hydrogens is 236 g/mol. The minimum atomic E-state index is 0.227. The molecule has 0 saturated heterocycles. The van der Waals surface area contributed by atoms with E-state index in [0.717, 1.165) is 35.5 Å². The quantitative estimate of drug-likeness (QED) is 0.811. The van der Waals surface area contributed by atoms with Crippen LogP contribution in [0.3, 0.4) is 0 Å². The van der Waals surface area contributed by atoms with Crippen LogP contribution in [0.2, 0.25) is 0 Å². The largest absolute Gasteiger partial charge is 0.461 e. The Kier molecular flexibility index (Phi) is 4.08. The molecule has 1 aliphatic rings. The van der Waals surface area contributed by atoms with E-state index >= 15 is 0 Å². The van der Waals surface area contributed by atoms with Gasteiger partial charge in [0.2, 0.25) is 0 Å². The fourth-order valence-corrected chi connectivity index (χ4v) is 2.66. The Balaban J connectivity index is 2.39. The van der Waals surface area contributed by atoms with E-state index < -0.39 is 0 Å². The lowest BCUT2D eigenvalue weighted by molar-refractivity contribution is -0.115. The molecule has 2 nitrogen and oxygen atoms in total. The minimum absolute atomic E-state index is 0.227. The minimum Gasteiger partial charge on any atom is -0.461 e. The molecule has 0 radical (unpaired) electrons. The van der Waals surface area contributed by atoms with Crippen molar-refractivity contribution in [3.8, 4) is 5.75 Å². The highest BCUT2D eigenvalue weighted by Crippen LogP contribution is 2.35. The lowest BCUT2D eigenvalue weighted by Gasteiger charge is -2.23. The second-order valence-corrected chi connectivity index (χ2v) is 5.25. The highest BCUT2D eigenvalue weighted by molar-refractivity contribution is 5.96. The molecule has 2 heteroatoms. The number of ketones is 1. The van der Waals surface area contributed by atoms with Gasteiger partial charge in [0.05, 0.1) is 0 Å². The smallest absolute Gasteiger partial charge is 0.162 e. The Morgan fingerprint density at radius 1 is 1.26 bits per heavy atom. The summed E-state index contributed by atoms with van der Waals surface area (Å²) in [5.41, 5.74) is 4.47. The number of rotatable bonds is 4. The third-order valence-electron chi connectivity index (χ3n) is 3.63. The molecule has 0 fully saturated rings. The summed E-state index contributed by atoms with van der Waals surface area (Å²) in [6, 6.07) is 4.31. The number of benzene rings is 1. The summed E-state index contributed by atoms with van der Waals surface area (Å²) < 4.78 is 5.95. The first-order valence-corrected chi connectivity index (χ1v) is 7.10. The van der Waals surface area contributed by atoms with Crippen LogP contribution in [-0.4, -0.2) is 5.78 Å². The molecule has 0 aromatic heterocycles. The fraction of sp³-hybridized carbons (Fsp3) is 0.471. The average molecular weight is 258 g/mol. The second kappa shape index (κ2) is 5.60. The molecule has 1 heterocycles. The summed E-state index contributed by atoms with van der Waals surface area (Å²) in [6.45, 7) is 8.17. The third kappa shape index (κ3) is 2.73. The van der Waals surface area contributed by atoms with Crippen LogP contribution in [0.15, 0.2) is 23.5 Å². The monoisotopic (exact) mass is 258 g/mol. The highest BCUT2D eigenvalue weighted by atomic mass is 16.5. The van der Waals surface area contributed by atoms with Crippen molar-refractivity contribution in [2.24, 2.45) is 0 Å². The number of hydrogen-bond acceptors (Lipinski definition) is 2. The maximum absolute atomic E-state index is 12.1. The van der Waals surface area contributed by atoms with Crippen molar-refractivity contribution in [2.45, 2.75) is 53.4 Å². The molecule has 0 N–H and O–H groups in total. The number of allylic oxidation sites excluding steroid dienone is 2. The van der Waals surface area contributed by atoms with Gasteiger partial charge in [0, 0.05) is 18.4 Å². The van der Waals surface area contributed by atoms with Gasteiger partial charge in [-0.05, 0) is 37.8 Å². The number of hydrogen-bond donors (Lipinski definition) is 0. The Bertz CT molecular complexity index is 538. The van der Waals surface area contributed by atoms with E-state index in [-0.39, 0.29) is 5.78 Å². The van der Waals surface area contributed by atoms with E-state index in [9.17, 15) is 4.79 Å². The summed E-state index contributed by atoms with van der Waals surface area (Å²) in [5, 5.41) is 0. The predicted octanol–water partition coefficient (Wildman–Crippen LogP) is 4.14. The Labute approximate surface area is 115 Å². The van der Waals surface area contributed by atoms with E-state index in [1.807, 2.05) is 13.8 Å². The Morgan fingerprint density at radius 3 is 2.63 bits per heavy atom. The van der Waals surface area contributed by atoms with Gasteiger partial charge >= 0.3 is 0 Å². The van der Waals surface area contributed by atoms with Crippen molar-refractivity contribution in [3.63, 3.8) is 0 Å². The van der Waals surface area contributed by atoms with Gasteiger partial charge in [-0.25, -0.2) is 0 Å². The highest BCUT2D eigenvalue weighted by Gasteiger charge is 2.23. The van der Waals surface area contributed by atoms with Crippen LogP contribution >= 0.6 is 0 Å². The van der Waals surface area contributed by atoms with Gasteiger partial charge in [0.15, 0.2) is 5.78 Å². The van der Waals surface area contributed by atoms with Crippen LogP contribution < -0.4 is 4.74 Å². The molecule has 102 valence electrons. The zero-order valence-corrected chi connectivity index (χ0v) is 12.3. The summed E-state index contributed by atoms with van der Waals surface area (Å²) in [5.74, 6) is 1.98. The van der Waals surface area contributed by atoms with Gasteiger partial charge in [-0.1, -0.05) is 31.5 Å². The molecule has 0 atom stereocenters. The standard InChI is InChI=1S/C17H22O2/c1-5-7-16(18)15-10-14-9-11(3)8-13(6-2)17(14)19-12(15)4/h8-9H,5-7,10H2,1-4H3. The van der Waals surface area contributed by atoms with Crippen molar-refractivity contribution < 1.29 is 9.53 Å². The zero-order chi connectivity index (χ0) is 14.0. The van der Waals surface area contributed by atoms with Gasteiger partial charge in [-0.15, -0.1) is 0 Å². The Hall–Kier alpha value is -1.57. The number of carbonyl (C=O) groups is 1. The summed E-state index contributed by atoms with van der Waals surface area (Å²) in [6.07, 6.45) is 3.17. The molecule has 1 aromatic carbocycles. The van der Waals surface area contributed by atoms with Crippen LogP contribution in [-0.2, 0) is 17.6 Å². The fourth-order valence-electron chi connectivity index (χ4n) is 2.66. The zero-order valence-electron chi connectivity index (χ0n) is 12.3. The predicted molar refractivity (Wildman–Crippen MR) is 77.5 cm³/mol. The van der Waals surface area contributed by atoms with Gasteiger partial charge in [0.1, 0.15) is 11.5 Å². The van der Waals surface area contributed by atoms with Crippen LogP contribution in [0, 0.1) is 6.92 Å². The first-order chi connectivity index (χ1) is 9.06. The average Bonchev–Trinajstić information content (AvgIpc) is 2.38. The molecule has 0 unspecified atom stereocenters. The second-order valence-electron chi connectivity index (χ2n) is 5.25.